The van der Waals surface area contributed by atoms with Crippen LogP contribution >= 0.6 is 15.9 Å². The van der Waals surface area contributed by atoms with Gasteiger partial charge in [0.05, 0.1) is 6.54 Å². The number of carbonyl (C=O) groups excluding carboxylic acids is 4. The minimum absolute atomic E-state index is 0.220. The third kappa shape index (κ3) is 3.98. The molecule has 0 unspecified atom stereocenters. The lowest BCUT2D eigenvalue weighted by Gasteiger charge is -2.12. The maximum Gasteiger partial charge on any atom is 0.345 e. The Kier molecular flexibility index (Phi) is 4.99. The summed E-state index contributed by atoms with van der Waals surface area (Å²) in [5, 5.41) is 6.60. The number of nitrogens with one attached hydrogen (secondary N) is 1. The van der Waals surface area contributed by atoms with Crippen molar-refractivity contribution in [3.05, 3.63) is 34.3 Å². The van der Waals surface area contributed by atoms with E-state index in [2.05, 4.69) is 21.0 Å². The molecule has 1 N–H and O–H groups in total. The molecule has 0 spiro atoms. The molecule has 0 atom stereocenters. The zero-order valence-electron chi connectivity index (χ0n) is 11.2. The first-order chi connectivity index (χ1) is 10.5. The van der Waals surface area contributed by atoms with Gasteiger partial charge < -0.3 is 0 Å². The molecule has 0 aromatic heterocycles. The number of hydrogen-bond acceptors (Lipinski definition) is 5. The molecule has 0 aliphatic carbocycles. The second-order valence-electron chi connectivity index (χ2n) is 4.35. The SMILES string of the molecule is O=CN(/C=N/N1CC(=O)NC1=O)CC(=O)c1ccc(Br)cc1. The summed E-state index contributed by atoms with van der Waals surface area (Å²) >= 11 is 3.26. The average Bonchev–Trinajstić information content (AvgIpc) is 2.81. The van der Waals surface area contributed by atoms with Crippen molar-refractivity contribution >= 4 is 46.4 Å². The van der Waals surface area contributed by atoms with Crippen LogP contribution in [0.4, 0.5) is 4.79 Å². The topological polar surface area (TPSA) is 99.2 Å². The number of amides is 4. The quantitative estimate of drug-likeness (QED) is 0.262. The lowest BCUT2D eigenvalue weighted by molar-refractivity contribution is -0.118. The second kappa shape index (κ2) is 6.94. The van der Waals surface area contributed by atoms with Gasteiger partial charge in [0.2, 0.25) is 12.3 Å². The predicted molar refractivity (Wildman–Crippen MR) is 80.0 cm³/mol. The van der Waals surface area contributed by atoms with Crippen LogP contribution in [0.5, 0.6) is 0 Å². The van der Waals surface area contributed by atoms with Crippen molar-refractivity contribution in [2.75, 3.05) is 13.1 Å². The van der Waals surface area contributed by atoms with Crippen molar-refractivity contribution in [2.24, 2.45) is 5.10 Å². The van der Waals surface area contributed by atoms with E-state index in [-0.39, 0.29) is 18.9 Å². The number of hydrogen-bond donors (Lipinski definition) is 1. The zero-order valence-corrected chi connectivity index (χ0v) is 12.8. The highest BCUT2D eigenvalue weighted by Crippen LogP contribution is 2.11. The molecule has 1 aliphatic rings. The Morgan fingerprint density at radius 2 is 2.05 bits per heavy atom. The van der Waals surface area contributed by atoms with E-state index in [1.54, 1.807) is 24.3 Å². The van der Waals surface area contributed by atoms with E-state index in [1.165, 1.54) is 0 Å². The van der Waals surface area contributed by atoms with Crippen LogP contribution in [0.3, 0.4) is 0 Å². The van der Waals surface area contributed by atoms with E-state index in [0.717, 1.165) is 20.7 Å². The molecule has 1 saturated heterocycles. The Morgan fingerprint density at radius 3 is 2.59 bits per heavy atom. The molecule has 1 aromatic carbocycles. The number of nitrogens with zero attached hydrogens (tertiary/aromatic N) is 3. The molecule has 4 amide bonds. The maximum absolute atomic E-state index is 12.0. The summed E-state index contributed by atoms with van der Waals surface area (Å²) in [5.41, 5.74) is 0.442. The number of hydrazone groups is 1. The van der Waals surface area contributed by atoms with Crippen LogP contribution in [0.15, 0.2) is 33.8 Å². The van der Waals surface area contributed by atoms with E-state index in [1.807, 2.05) is 5.32 Å². The summed E-state index contributed by atoms with van der Waals surface area (Å²) < 4.78 is 0.836. The highest BCUT2D eigenvalue weighted by molar-refractivity contribution is 9.10. The van der Waals surface area contributed by atoms with Gasteiger partial charge in [0.1, 0.15) is 12.9 Å². The molecule has 9 heteroatoms. The fourth-order valence-electron chi connectivity index (χ4n) is 1.65. The molecule has 1 fully saturated rings. The summed E-state index contributed by atoms with van der Waals surface area (Å²) in [7, 11) is 0. The Morgan fingerprint density at radius 1 is 1.36 bits per heavy atom. The third-order valence-corrected chi connectivity index (χ3v) is 3.27. The molecule has 0 saturated carbocycles. The number of imide groups is 1. The van der Waals surface area contributed by atoms with Crippen molar-refractivity contribution < 1.29 is 19.2 Å². The number of Topliss-reactive ketones (excluding diaryl/α,β-unsaturated/α-hetero) is 1. The summed E-state index contributed by atoms with van der Waals surface area (Å²) in [6.07, 6.45) is 1.44. The lowest BCUT2D eigenvalue weighted by atomic mass is 10.1. The molecule has 0 bridgehead atoms. The number of rotatable bonds is 6. The smallest absolute Gasteiger partial charge is 0.296 e. The van der Waals surface area contributed by atoms with E-state index in [4.69, 9.17) is 0 Å². The van der Waals surface area contributed by atoms with Crippen LogP contribution in [0, 0.1) is 0 Å². The fraction of sp³-hybridized carbons (Fsp3) is 0.154. The lowest BCUT2D eigenvalue weighted by Crippen LogP contribution is -2.30. The van der Waals surface area contributed by atoms with Gasteiger partial charge in [-0.1, -0.05) is 28.1 Å². The molecule has 114 valence electrons. The van der Waals surface area contributed by atoms with Crippen LogP contribution in [-0.2, 0) is 9.59 Å². The van der Waals surface area contributed by atoms with Gasteiger partial charge >= 0.3 is 6.03 Å². The molecule has 1 aliphatic heterocycles. The minimum Gasteiger partial charge on any atom is -0.296 e. The van der Waals surface area contributed by atoms with Gasteiger partial charge in [-0.2, -0.15) is 5.10 Å². The van der Waals surface area contributed by atoms with E-state index >= 15 is 0 Å². The maximum atomic E-state index is 12.0. The summed E-state index contributed by atoms with van der Waals surface area (Å²) in [6, 6.07) is 6.00. The molecular formula is C13H11BrN4O4. The van der Waals surface area contributed by atoms with Crippen LogP contribution in [-0.4, -0.2) is 53.5 Å². The Hall–Kier alpha value is -2.55. The number of urea groups is 1. The van der Waals surface area contributed by atoms with Gasteiger partial charge in [0.15, 0.2) is 5.78 Å². The molecule has 2 rings (SSSR count). The van der Waals surface area contributed by atoms with Crippen molar-refractivity contribution in [3.63, 3.8) is 0 Å². The van der Waals surface area contributed by atoms with Gasteiger partial charge in [-0.25, -0.2) is 9.80 Å². The van der Waals surface area contributed by atoms with Gasteiger partial charge in [-0.3, -0.25) is 24.6 Å². The Labute approximate surface area is 133 Å². The molecule has 22 heavy (non-hydrogen) atoms. The highest BCUT2D eigenvalue weighted by atomic mass is 79.9. The largest absolute Gasteiger partial charge is 0.345 e. The highest BCUT2D eigenvalue weighted by Gasteiger charge is 2.26. The fourth-order valence-corrected chi connectivity index (χ4v) is 1.92. The monoisotopic (exact) mass is 366 g/mol. The molecule has 1 heterocycles. The average molecular weight is 367 g/mol. The van der Waals surface area contributed by atoms with E-state index < -0.39 is 11.9 Å². The van der Waals surface area contributed by atoms with Crippen molar-refractivity contribution in [1.29, 1.82) is 0 Å². The van der Waals surface area contributed by atoms with Crippen LogP contribution in [0.2, 0.25) is 0 Å². The molecule has 1 aromatic rings. The summed E-state index contributed by atoms with van der Waals surface area (Å²) in [4.78, 5) is 46.2. The number of carbonyl (C=O) groups is 4. The predicted octanol–water partition coefficient (Wildman–Crippen LogP) is 0.585. The Balaban J connectivity index is 1.98. The number of ketones is 1. The minimum atomic E-state index is -0.675. The van der Waals surface area contributed by atoms with Crippen molar-refractivity contribution in [2.45, 2.75) is 0 Å². The van der Waals surface area contributed by atoms with Crippen LogP contribution < -0.4 is 5.32 Å². The van der Waals surface area contributed by atoms with Crippen molar-refractivity contribution in [1.82, 2.24) is 15.2 Å². The van der Waals surface area contributed by atoms with Crippen LogP contribution in [0.1, 0.15) is 10.4 Å². The van der Waals surface area contributed by atoms with E-state index in [9.17, 15) is 19.2 Å². The van der Waals surface area contributed by atoms with Crippen LogP contribution in [0.25, 0.3) is 0 Å². The molecule has 8 nitrogen and oxygen atoms in total. The summed E-state index contributed by atoms with van der Waals surface area (Å²) in [5.74, 6) is -0.765. The zero-order chi connectivity index (χ0) is 16.1. The first-order valence-electron chi connectivity index (χ1n) is 6.15. The normalized spacial score (nSPS) is 14.3. The van der Waals surface area contributed by atoms with Gasteiger partial charge in [-0.15, -0.1) is 0 Å². The second-order valence-corrected chi connectivity index (χ2v) is 5.27. The molecule has 0 radical (unpaired) electrons. The van der Waals surface area contributed by atoms with Crippen molar-refractivity contribution in [3.8, 4) is 0 Å². The third-order valence-electron chi connectivity index (χ3n) is 2.74. The molecular weight excluding hydrogens is 356 g/mol. The van der Waals surface area contributed by atoms with Gasteiger partial charge in [0, 0.05) is 10.0 Å². The Bertz CT molecular complexity index is 644. The first kappa shape index (κ1) is 15.8. The van der Waals surface area contributed by atoms with Gasteiger partial charge in [0.25, 0.3) is 0 Å². The number of halogens is 1. The standard InChI is InChI=1S/C13H11BrN4O4/c14-10-3-1-9(2-4-10)11(20)5-17(8-19)7-15-18-6-12(21)16-13(18)22/h1-4,7-8H,5-6H2,(H,16,21,22)/b15-7+. The van der Waals surface area contributed by atoms with E-state index in [0.29, 0.717) is 12.0 Å². The van der Waals surface area contributed by atoms with Gasteiger partial charge in [-0.05, 0) is 12.1 Å². The number of benzene rings is 1. The summed E-state index contributed by atoms with van der Waals surface area (Å²) in [6.45, 7) is -0.444. The first-order valence-corrected chi connectivity index (χ1v) is 6.94.